The molecule has 0 unspecified atom stereocenters. The van der Waals surface area contributed by atoms with E-state index >= 15 is 0 Å². The molecule has 0 aliphatic carbocycles. The molecule has 0 bridgehead atoms. The van der Waals surface area contributed by atoms with Crippen LogP contribution in [0.2, 0.25) is 0 Å². The largest absolute Gasteiger partial charge is 0.492 e. The number of hydrogen-bond donors (Lipinski definition) is 2. The van der Waals surface area contributed by atoms with Crippen molar-refractivity contribution in [1.29, 1.82) is 0 Å². The zero-order chi connectivity index (χ0) is 22.5. The van der Waals surface area contributed by atoms with Crippen molar-refractivity contribution in [3.05, 3.63) is 71.4 Å². The van der Waals surface area contributed by atoms with Crippen LogP contribution in [0.25, 0.3) is 16.2 Å². The average molecular weight is 449 g/mol. The number of carbonyl (C=O) groups excluding carboxylic acids is 2. The van der Waals surface area contributed by atoms with Crippen LogP contribution in [0.3, 0.4) is 0 Å². The number of benzene rings is 2. The van der Waals surface area contributed by atoms with Crippen molar-refractivity contribution < 1.29 is 14.3 Å². The molecule has 0 radical (unpaired) electrons. The molecule has 0 atom stereocenters. The molecule has 0 saturated heterocycles. The molecule has 8 heteroatoms. The van der Waals surface area contributed by atoms with Gasteiger partial charge in [-0.1, -0.05) is 29.8 Å². The standard InChI is InChI=1S/C24H24N4O3S/c1-16-3-5-18(6-4-16)22-14-28-20(15-32-24(28)27-22)13-23(30)26-19-7-9-21(10-8-19)31-12-11-25-17(2)29/h3-10,14-15H,11-13H2,1-2H3,(H,25,29)(H,26,30). The number of amides is 2. The third-order valence-corrected chi connectivity index (χ3v) is 5.74. The van der Waals surface area contributed by atoms with Gasteiger partial charge in [0.05, 0.1) is 18.7 Å². The Balaban J connectivity index is 1.35. The van der Waals surface area contributed by atoms with Gasteiger partial charge in [0, 0.05) is 35.4 Å². The lowest BCUT2D eigenvalue weighted by atomic mass is 10.1. The van der Waals surface area contributed by atoms with Gasteiger partial charge < -0.3 is 15.4 Å². The Hall–Kier alpha value is -3.65. The average Bonchev–Trinajstić information content (AvgIpc) is 3.35. The topological polar surface area (TPSA) is 84.7 Å². The molecule has 2 amide bonds. The first-order valence-corrected chi connectivity index (χ1v) is 11.2. The summed E-state index contributed by atoms with van der Waals surface area (Å²) in [7, 11) is 0. The van der Waals surface area contributed by atoms with Crippen molar-refractivity contribution in [2.75, 3.05) is 18.5 Å². The summed E-state index contributed by atoms with van der Waals surface area (Å²) >= 11 is 1.52. The van der Waals surface area contributed by atoms with E-state index in [1.807, 2.05) is 16.0 Å². The van der Waals surface area contributed by atoms with E-state index in [-0.39, 0.29) is 18.2 Å². The van der Waals surface area contributed by atoms with Crippen molar-refractivity contribution in [2.45, 2.75) is 20.3 Å². The zero-order valence-electron chi connectivity index (χ0n) is 17.9. The highest BCUT2D eigenvalue weighted by molar-refractivity contribution is 7.15. The number of hydrogen-bond acceptors (Lipinski definition) is 5. The number of fused-ring (bicyclic) bond motifs is 1. The van der Waals surface area contributed by atoms with E-state index in [0.29, 0.717) is 24.6 Å². The molecule has 164 valence electrons. The normalized spacial score (nSPS) is 10.8. The molecular formula is C24H24N4O3S. The first-order valence-electron chi connectivity index (χ1n) is 10.3. The smallest absolute Gasteiger partial charge is 0.230 e. The second-order valence-electron chi connectivity index (χ2n) is 7.45. The van der Waals surface area contributed by atoms with Gasteiger partial charge in [0.2, 0.25) is 11.8 Å². The molecule has 32 heavy (non-hydrogen) atoms. The Kier molecular flexibility index (Phi) is 6.51. The number of rotatable bonds is 8. The van der Waals surface area contributed by atoms with Gasteiger partial charge in [0.15, 0.2) is 4.96 Å². The van der Waals surface area contributed by atoms with Gasteiger partial charge in [-0.2, -0.15) is 0 Å². The molecule has 2 aromatic heterocycles. The third kappa shape index (κ3) is 5.33. The van der Waals surface area contributed by atoms with Gasteiger partial charge in [-0.05, 0) is 31.2 Å². The zero-order valence-corrected chi connectivity index (χ0v) is 18.7. The summed E-state index contributed by atoms with van der Waals surface area (Å²) in [5, 5.41) is 7.56. The van der Waals surface area contributed by atoms with E-state index in [9.17, 15) is 9.59 Å². The molecule has 0 saturated carbocycles. The number of nitrogens with zero attached hydrogens (tertiary/aromatic N) is 2. The highest BCUT2D eigenvalue weighted by Gasteiger charge is 2.13. The van der Waals surface area contributed by atoms with E-state index in [4.69, 9.17) is 4.74 Å². The maximum atomic E-state index is 12.6. The van der Waals surface area contributed by atoms with Crippen molar-refractivity contribution >= 4 is 33.8 Å². The molecule has 2 N–H and O–H groups in total. The Morgan fingerprint density at radius 2 is 1.84 bits per heavy atom. The van der Waals surface area contributed by atoms with Gasteiger partial charge in [-0.25, -0.2) is 4.98 Å². The molecular weight excluding hydrogens is 424 g/mol. The summed E-state index contributed by atoms with van der Waals surface area (Å²) in [6.07, 6.45) is 2.23. The predicted octanol–water partition coefficient (Wildman–Crippen LogP) is 4.07. The molecule has 2 heterocycles. The quantitative estimate of drug-likeness (QED) is 0.398. The number of anilines is 1. The number of ether oxygens (including phenoxy) is 1. The van der Waals surface area contributed by atoms with Crippen LogP contribution < -0.4 is 15.4 Å². The van der Waals surface area contributed by atoms with E-state index in [1.54, 1.807) is 24.3 Å². The van der Waals surface area contributed by atoms with Crippen LogP contribution in [0.1, 0.15) is 18.2 Å². The number of nitrogens with one attached hydrogen (secondary N) is 2. The fourth-order valence-corrected chi connectivity index (χ4v) is 4.09. The summed E-state index contributed by atoms with van der Waals surface area (Å²) < 4.78 is 7.54. The van der Waals surface area contributed by atoms with Gasteiger partial charge in [0.25, 0.3) is 0 Å². The number of thiazole rings is 1. The van der Waals surface area contributed by atoms with Crippen LogP contribution in [0, 0.1) is 6.92 Å². The Bertz CT molecular complexity index is 1230. The summed E-state index contributed by atoms with van der Waals surface area (Å²) in [5.41, 5.74) is 4.75. The SMILES string of the molecule is CC(=O)NCCOc1ccc(NC(=O)Cc2csc3nc(-c4ccc(C)cc4)cn23)cc1. The predicted molar refractivity (Wildman–Crippen MR) is 126 cm³/mol. The lowest BCUT2D eigenvalue weighted by molar-refractivity contribution is -0.119. The minimum atomic E-state index is -0.102. The van der Waals surface area contributed by atoms with Crippen molar-refractivity contribution in [3.8, 4) is 17.0 Å². The van der Waals surface area contributed by atoms with Crippen LogP contribution in [0.15, 0.2) is 60.1 Å². The first-order chi connectivity index (χ1) is 15.5. The van der Waals surface area contributed by atoms with E-state index in [0.717, 1.165) is 21.9 Å². The number of carbonyl (C=O) groups is 2. The van der Waals surface area contributed by atoms with Crippen LogP contribution >= 0.6 is 11.3 Å². The van der Waals surface area contributed by atoms with Crippen LogP contribution in [-0.2, 0) is 16.0 Å². The fourth-order valence-electron chi connectivity index (χ4n) is 3.22. The maximum Gasteiger partial charge on any atom is 0.230 e. The van der Waals surface area contributed by atoms with Gasteiger partial charge in [0.1, 0.15) is 12.4 Å². The summed E-state index contributed by atoms with van der Waals surface area (Å²) in [6.45, 7) is 4.35. The van der Waals surface area contributed by atoms with Crippen molar-refractivity contribution in [2.24, 2.45) is 0 Å². The second kappa shape index (κ2) is 9.65. The first kappa shape index (κ1) is 21.6. The molecule has 0 aliphatic heterocycles. The Morgan fingerprint density at radius 3 is 2.56 bits per heavy atom. The summed E-state index contributed by atoms with van der Waals surface area (Å²) in [5.74, 6) is 0.487. The van der Waals surface area contributed by atoms with E-state index < -0.39 is 0 Å². The number of aromatic nitrogens is 2. The molecule has 2 aromatic carbocycles. The fraction of sp³-hybridized carbons (Fsp3) is 0.208. The second-order valence-corrected chi connectivity index (χ2v) is 8.29. The van der Waals surface area contributed by atoms with E-state index in [2.05, 4.69) is 46.8 Å². The lowest BCUT2D eigenvalue weighted by Crippen LogP contribution is -2.25. The van der Waals surface area contributed by atoms with E-state index in [1.165, 1.54) is 23.8 Å². The summed E-state index contributed by atoms with van der Waals surface area (Å²) in [4.78, 5) is 29.0. The van der Waals surface area contributed by atoms with Crippen molar-refractivity contribution in [3.63, 3.8) is 0 Å². The molecule has 4 aromatic rings. The maximum absolute atomic E-state index is 12.6. The minimum Gasteiger partial charge on any atom is -0.492 e. The van der Waals surface area contributed by atoms with Gasteiger partial charge in [-0.15, -0.1) is 11.3 Å². The van der Waals surface area contributed by atoms with Crippen molar-refractivity contribution in [1.82, 2.24) is 14.7 Å². The molecule has 0 spiro atoms. The molecule has 0 aliphatic rings. The third-order valence-electron chi connectivity index (χ3n) is 4.86. The number of imidazole rings is 1. The number of aryl methyl sites for hydroxylation is 1. The highest BCUT2D eigenvalue weighted by atomic mass is 32.1. The van der Waals surface area contributed by atoms with Crippen LogP contribution in [0.4, 0.5) is 5.69 Å². The molecule has 0 fully saturated rings. The Morgan fingerprint density at radius 1 is 1.09 bits per heavy atom. The minimum absolute atomic E-state index is 0.0865. The summed E-state index contributed by atoms with van der Waals surface area (Å²) in [6, 6.07) is 15.4. The van der Waals surface area contributed by atoms with Crippen LogP contribution in [-0.4, -0.2) is 34.4 Å². The van der Waals surface area contributed by atoms with Gasteiger partial charge in [-0.3, -0.25) is 14.0 Å². The Labute approximate surface area is 190 Å². The van der Waals surface area contributed by atoms with Crippen LogP contribution in [0.5, 0.6) is 5.75 Å². The van der Waals surface area contributed by atoms with Gasteiger partial charge >= 0.3 is 0 Å². The highest BCUT2D eigenvalue weighted by Crippen LogP contribution is 2.24. The lowest BCUT2D eigenvalue weighted by Gasteiger charge is -2.08. The monoisotopic (exact) mass is 448 g/mol. The molecule has 7 nitrogen and oxygen atoms in total. The molecule has 4 rings (SSSR count).